The number of alkyl halides is 3. The fraction of sp³-hybridized carbons (Fsp3) is 0.342. The van der Waals surface area contributed by atoms with Crippen LogP contribution in [0.15, 0.2) is 77.3 Å². The number of hydrogen-bond acceptors (Lipinski definition) is 6. The highest BCUT2D eigenvalue weighted by Crippen LogP contribution is 2.57. The first-order valence-corrected chi connectivity index (χ1v) is 16.7. The van der Waals surface area contributed by atoms with Crippen LogP contribution in [0.3, 0.4) is 0 Å². The molecular formula is C38H36BrF3N2O5. The van der Waals surface area contributed by atoms with Crippen molar-refractivity contribution in [1.29, 1.82) is 0 Å². The second-order valence-corrected chi connectivity index (χ2v) is 14.6. The van der Waals surface area contributed by atoms with E-state index in [4.69, 9.17) is 14.5 Å². The van der Waals surface area contributed by atoms with Gasteiger partial charge in [0.15, 0.2) is 0 Å². The van der Waals surface area contributed by atoms with Gasteiger partial charge in [-0.2, -0.15) is 0 Å². The van der Waals surface area contributed by atoms with Gasteiger partial charge in [0.2, 0.25) is 0 Å². The SMILES string of the molecule is COc1ccc(OC(F)(F)F)c(C2=CC3(C(=O)OC(C)(C)C)CCC2(NC(=O)c2c(C)c(-c4ccccc4)nc4ccc(Br)cc24)CC3)c1. The maximum atomic E-state index is 14.7. The minimum Gasteiger partial charge on any atom is -0.497 e. The summed E-state index contributed by atoms with van der Waals surface area (Å²) < 4.78 is 57.8. The standard InChI is InChI=1S/C38H36BrF3N2O5/c1-22-31(27-19-24(39)11-13-29(27)43-32(22)23-9-7-6-8-10-23)33(45)44-37-17-15-36(16-18-37,34(46)49-35(2,3)4)21-28(37)26-20-25(47-5)12-14-30(26)48-38(40,41)42/h6-14,19-21H,15-18H2,1-5H3,(H,44,45). The maximum absolute atomic E-state index is 14.7. The van der Waals surface area contributed by atoms with Gasteiger partial charge in [-0.3, -0.25) is 9.59 Å². The zero-order chi connectivity index (χ0) is 35.4. The predicted octanol–water partition coefficient (Wildman–Crippen LogP) is 9.35. The number of ether oxygens (including phenoxy) is 3. The first-order valence-electron chi connectivity index (χ1n) is 15.9. The van der Waals surface area contributed by atoms with Crippen molar-refractivity contribution in [2.75, 3.05) is 7.11 Å². The van der Waals surface area contributed by atoms with E-state index in [1.165, 1.54) is 25.3 Å². The lowest BCUT2D eigenvalue weighted by atomic mass is 9.57. The molecule has 256 valence electrons. The Kier molecular flexibility index (Phi) is 8.80. The Morgan fingerprint density at radius 1 is 0.939 bits per heavy atom. The molecule has 0 saturated heterocycles. The third kappa shape index (κ3) is 6.77. The van der Waals surface area contributed by atoms with E-state index in [-0.39, 0.29) is 24.2 Å². The molecule has 0 unspecified atom stereocenters. The van der Waals surface area contributed by atoms with Crippen LogP contribution in [-0.2, 0) is 9.53 Å². The van der Waals surface area contributed by atoms with Crippen LogP contribution in [0.25, 0.3) is 27.7 Å². The lowest BCUT2D eigenvalue weighted by Gasteiger charge is -2.52. The van der Waals surface area contributed by atoms with Crippen molar-refractivity contribution in [3.8, 4) is 22.8 Å². The van der Waals surface area contributed by atoms with Crippen molar-refractivity contribution < 1.29 is 37.0 Å². The summed E-state index contributed by atoms with van der Waals surface area (Å²) in [6.07, 6.45) is -2.14. The van der Waals surface area contributed by atoms with Gasteiger partial charge in [-0.1, -0.05) is 52.3 Å². The van der Waals surface area contributed by atoms with Gasteiger partial charge in [-0.25, -0.2) is 4.98 Å². The van der Waals surface area contributed by atoms with Crippen LogP contribution >= 0.6 is 15.9 Å². The van der Waals surface area contributed by atoms with E-state index in [1.807, 2.05) is 55.5 Å². The molecule has 1 saturated carbocycles. The first-order chi connectivity index (χ1) is 23.0. The van der Waals surface area contributed by atoms with E-state index in [1.54, 1.807) is 26.8 Å². The van der Waals surface area contributed by atoms with Gasteiger partial charge in [-0.15, -0.1) is 13.2 Å². The number of esters is 1. The largest absolute Gasteiger partial charge is 0.573 e. The zero-order valence-corrected chi connectivity index (χ0v) is 29.3. The molecule has 3 aliphatic carbocycles. The number of pyridine rings is 1. The molecule has 7 nitrogen and oxygen atoms in total. The quantitative estimate of drug-likeness (QED) is 0.190. The van der Waals surface area contributed by atoms with Crippen LogP contribution in [0.1, 0.15) is 67.9 Å². The highest BCUT2D eigenvalue weighted by molar-refractivity contribution is 9.10. The molecule has 1 aromatic heterocycles. The molecule has 3 aromatic carbocycles. The summed E-state index contributed by atoms with van der Waals surface area (Å²) in [4.78, 5) is 33.4. The van der Waals surface area contributed by atoms with Crippen LogP contribution < -0.4 is 14.8 Å². The third-order valence-corrected chi connectivity index (χ3v) is 9.75. The van der Waals surface area contributed by atoms with E-state index in [2.05, 4.69) is 26.0 Å². The molecule has 2 bridgehead atoms. The third-order valence-electron chi connectivity index (χ3n) is 9.26. The second-order valence-electron chi connectivity index (χ2n) is 13.7. The van der Waals surface area contributed by atoms with Crippen molar-refractivity contribution in [3.63, 3.8) is 0 Å². The fourth-order valence-electron chi connectivity index (χ4n) is 6.96. The number of nitrogens with zero attached hydrogens (tertiary/aromatic N) is 1. The highest BCUT2D eigenvalue weighted by atomic mass is 79.9. The topological polar surface area (TPSA) is 86.8 Å². The molecule has 1 heterocycles. The van der Waals surface area contributed by atoms with Gasteiger partial charge in [0.1, 0.15) is 17.1 Å². The summed E-state index contributed by atoms with van der Waals surface area (Å²) in [5, 5.41) is 3.88. The first kappa shape index (κ1) is 34.5. The smallest absolute Gasteiger partial charge is 0.497 e. The van der Waals surface area contributed by atoms with Crippen molar-refractivity contribution in [1.82, 2.24) is 10.3 Å². The van der Waals surface area contributed by atoms with Gasteiger partial charge >= 0.3 is 12.3 Å². The molecular weight excluding hydrogens is 701 g/mol. The zero-order valence-electron chi connectivity index (χ0n) is 27.8. The van der Waals surface area contributed by atoms with Crippen LogP contribution in [0.4, 0.5) is 13.2 Å². The Morgan fingerprint density at radius 3 is 2.27 bits per heavy atom. The lowest BCUT2D eigenvalue weighted by Crippen LogP contribution is -2.58. The Hall–Kier alpha value is -4.38. The number of hydrogen-bond donors (Lipinski definition) is 1. The lowest BCUT2D eigenvalue weighted by molar-refractivity contribution is -0.274. The van der Waals surface area contributed by atoms with E-state index in [0.29, 0.717) is 46.1 Å². The van der Waals surface area contributed by atoms with Crippen molar-refractivity contribution in [3.05, 3.63) is 94.0 Å². The molecule has 0 spiro atoms. The number of carbonyl (C=O) groups excluding carboxylic acids is 2. The molecule has 1 N–H and O–H groups in total. The number of amides is 1. The minimum absolute atomic E-state index is 0.0633. The van der Waals surface area contributed by atoms with E-state index < -0.39 is 40.5 Å². The summed E-state index contributed by atoms with van der Waals surface area (Å²) in [6, 6.07) is 19.1. The predicted molar refractivity (Wildman–Crippen MR) is 184 cm³/mol. The molecule has 1 fully saturated rings. The molecule has 49 heavy (non-hydrogen) atoms. The number of carbonyl (C=O) groups is 2. The number of methoxy groups -OCH3 is 1. The summed E-state index contributed by atoms with van der Waals surface area (Å²) in [7, 11) is 1.41. The van der Waals surface area contributed by atoms with Gasteiger partial charge in [0.25, 0.3) is 5.91 Å². The number of fused-ring (bicyclic) bond motifs is 3. The van der Waals surface area contributed by atoms with E-state index in [0.717, 1.165) is 10.0 Å². The summed E-state index contributed by atoms with van der Waals surface area (Å²) in [5.41, 5.74) is 0.465. The number of benzene rings is 3. The van der Waals surface area contributed by atoms with Crippen molar-refractivity contribution in [2.45, 2.75) is 70.9 Å². The number of nitrogens with one attached hydrogen (secondary N) is 1. The molecule has 0 atom stereocenters. The normalized spacial score (nSPS) is 20.5. The van der Waals surface area contributed by atoms with Gasteiger partial charge in [-0.05, 0) is 101 Å². The number of rotatable bonds is 7. The number of aromatic nitrogens is 1. The average Bonchev–Trinajstić information content (AvgIpc) is 3.04. The molecule has 3 aliphatic rings. The van der Waals surface area contributed by atoms with E-state index in [9.17, 15) is 22.8 Å². The monoisotopic (exact) mass is 736 g/mol. The van der Waals surface area contributed by atoms with Gasteiger partial charge in [0.05, 0.1) is 34.8 Å². The van der Waals surface area contributed by atoms with Crippen LogP contribution in [0.2, 0.25) is 0 Å². The molecule has 4 aromatic rings. The van der Waals surface area contributed by atoms with Crippen molar-refractivity contribution >= 4 is 44.3 Å². The van der Waals surface area contributed by atoms with Gasteiger partial charge in [0, 0.05) is 21.0 Å². The summed E-state index contributed by atoms with van der Waals surface area (Å²) >= 11 is 3.53. The Bertz CT molecular complexity index is 1980. The minimum atomic E-state index is -4.99. The molecule has 1 amide bonds. The maximum Gasteiger partial charge on any atom is 0.573 e. The number of halogens is 4. The fourth-order valence-corrected chi connectivity index (χ4v) is 7.32. The van der Waals surface area contributed by atoms with Crippen LogP contribution in [0.5, 0.6) is 11.5 Å². The summed E-state index contributed by atoms with van der Waals surface area (Å²) in [6.45, 7) is 7.14. The van der Waals surface area contributed by atoms with Gasteiger partial charge < -0.3 is 19.5 Å². The van der Waals surface area contributed by atoms with Crippen LogP contribution in [-0.4, -0.2) is 41.5 Å². The van der Waals surface area contributed by atoms with Crippen molar-refractivity contribution in [2.24, 2.45) is 5.41 Å². The van der Waals surface area contributed by atoms with E-state index >= 15 is 0 Å². The second kappa shape index (κ2) is 12.5. The average molecular weight is 738 g/mol. The highest BCUT2D eigenvalue weighted by Gasteiger charge is 2.55. The Morgan fingerprint density at radius 2 is 1.63 bits per heavy atom. The molecule has 7 rings (SSSR count). The molecule has 0 radical (unpaired) electrons. The Balaban J connectivity index is 1.53. The summed E-state index contributed by atoms with van der Waals surface area (Å²) in [5.74, 6) is -1.07. The molecule has 11 heteroatoms. The Labute approximate surface area is 291 Å². The molecule has 0 aliphatic heterocycles. The van der Waals surface area contributed by atoms with Crippen LogP contribution in [0, 0.1) is 12.3 Å².